The van der Waals surface area contributed by atoms with Crippen molar-refractivity contribution in [3.05, 3.63) is 58.6 Å². The van der Waals surface area contributed by atoms with Crippen molar-refractivity contribution in [1.29, 1.82) is 0 Å². The summed E-state index contributed by atoms with van der Waals surface area (Å²) in [5, 5.41) is 1.20. The first-order valence-electron chi connectivity index (χ1n) is 4.28. The van der Waals surface area contributed by atoms with Crippen LogP contribution in [0.25, 0.3) is 11.1 Å². The van der Waals surface area contributed by atoms with Crippen molar-refractivity contribution in [1.82, 2.24) is 0 Å². The minimum absolute atomic E-state index is 0. The van der Waals surface area contributed by atoms with Gasteiger partial charge in [-0.05, 0) is 11.6 Å². The van der Waals surface area contributed by atoms with E-state index in [1.165, 1.54) is 0 Å². The molecule has 0 spiro atoms. The van der Waals surface area contributed by atoms with Crippen molar-refractivity contribution in [3.63, 3.8) is 0 Å². The zero-order valence-corrected chi connectivity index (χ0v) is 12.2. The van der Waals surface area contributed by atoms with Crippen molar-refractivity contribution in [2.45, 2.75) is 0 Å². The van der Waals surface area contributed by atoms with E-state index in [2.05, 4.69) is 0 Å². The number of rotatable bonds is 1. The van der Waals surface area contributed by atoms with Crippen LogP contribution in [0.5, 0.6) is 0 Å². The molecule has 74 valence electrons. The molecule has 0 unspecified atom stereocenters. The molecule has 0 amide bonds. The van der Waals surface area contributed by atoms with Crippen molar-refractivity contribution in [2.75, 3.05) is 0 Å². The van der Waals surface area contributed by atoms with E-state index in [-0.39, 0.29) is 23.9 Å². The average Bonchev–Trinajstić information content (AvgIpc) is 2.23. The fourth-order valence-corrected chi connectivity index (χ4v) is 1.75. The minimum atomic E-state index is 0. The maximum atomic E-state index is 6.10. The van der Waals surface area contributed by atoms with Crippen LogP contribution < -0.4 is 0 Å². The molecular weight excluding hydrogens is 334 g/mol. The maximum absolute atomic E-state index is 6.10. The Kier molecular flexibility index (Phi) is 4.97. The summed E-state index contributed by atoms with van der Waals surface area (Å²) < 4.78 is 0. The predicted molar refractivity (Wildman–Crippen MR) is 67.7 cm³/mol. The second kappa shape index (κ2) is 5.78. The van der Waals surface area contributed by atoms with Gasteiger partial charge in [0.2, 0.25) is 0 Å². The van der Waals surface area contributed by atoms with Crippen LogP contribution in [0.4, 0.5) is 0 Å². The summed E-state index contributed by atoms with van der Waals surface area (Å²) in [5.74, 6) is 0. The summed E-state index contributed by atoms with van der Waals surface area (Å²) in [5.41, 5.74) is 2.06. The van der Waals surface area contributed by atoms with Crippen LogP contribution in [0.3, 0.4) is 0 Å². The van der Waals surface area contributed by atoms with Gasteiger partial charge in [0.1, 0.15) is 0 Å². The third-order valence-corrected chi connectivity index (χ3v) is 2.86. The van der Waals surface area contributed by atoms with Gasteiger partial charge in [-0.15, -0.1) is 0 Å². The summed E-state index contributed by atoms with van der Waals surface area (Å²) in [6.07, 6.45) is 0. The van der Waals surface area contributed by atoms with Gasteiger partial charge in [0.25, 0.3) is 0 Å². The molecule has 0 aliphatic heterocycles. The van der Waals surface area contributed by atoms with Gasteiger partial charge in [-0.1, -0.05) is 65.7 Å². The van der Waals surface area contributed by atoms with Crippen LogP contribution in [0.1, 0.15) is 0 Å². The summed E-state index contributed by atoms with van der Waals surface area (Å²) in [6, 6.07) is 15.6. The Morgan fingerprint density at radius 3 is 2.07 bits per heavy atom. The maximum Gasteiger partial charge on any atom is 0.0670 e. The Labute approximate surface area is 116 Å². The smallest absolute Gasteiger partial charge is 0.0670 e. The number of hydrogen-bond acceptors (Lipinski definition) is 0. The van der Waals surface area contributed by atoms with Crippen LogP contribution in [0, 0.1) is 0 Å². The van der Waals surface area contributed by atoms with Crippen LogP contribution in [-0.4, -0.2) is 23.9 Å². The van der Waals surface area contributed by atoms with Gasteiger partial charge in [0.05, 0.1) is 10.0 Å². The van der Waals surface area contributed by atoms with Crippen molar-refractivity contribution in [2.24, 2.45) is 0 Å². The van der Waals surface area contributed by atoms with Gasteiger partial charge in [0.15, 0.2) is 0 Å². The Bertz CT molecular complexity index is 441. The van der Waals surface area contributed by atoms with Crippen LogP contribution in [0.15, 0.2) is 48.5 Å². The Morgan fingerprint density at radius 1 is 0.733 bits per heavy atom. The van der Waals surface area contributed by atoms with Crippen LogP contribution >= 0.6 is 23.2 Å². The molecule has 2 aromatic rings. The monoisotopic (exact) mass is 342 g/mol. The first kappa shape index (κ1) is 12.9. The van der Waals surface area contributed by atoms with E-state index in [1.54, 1.807) is 6.07 Å². The first-order valence-corrected chi connectivity index (χ1v) is 5.04. The molecule has 0 saturated carbocycles. The normalized spacial score (nSPS) is 9.47. The molecular formula is C12H8Cl2Sn. The third kappa shape index (κ3) is 2.90. The minimum Gasteiger partial charge on any atom is -0.0827 e. The largest absolute Gasteiger partial charge is 0.0827 e. The second-order valence-electron chi connectivity index (χ2n) is 2.97. The third-order valence-electron chi connectivity index (χ3n) is 2.04. The van der Waals surface area contributed by atoms with E-state index >= 15 is 0 Å². The Hall–Kier alpha value is -0.181. The topological polar surface area (TPSA) is 0 Å². The molecule has 2 aromatic carbocycles. The predicted octanol–water partition coefficient (Wildman–Crippen LogP) is 4.28. The van der Waals surface area contributed by atoms with E-state index in [0.717, 1.165) is 11.1 Å². The van der Waals surface area contributed by atoms with E-state index < -0.39 is 0 Å². The number of halogens is 2. The van der Waals surface area contributed by atoms with Gasteiger partial charge in [-0.2, -0.15) is 0 Å². The van der Waals surface area contributed by atoms with Crippen molar-refractivity contribution in [3.8, 4) is 11.1 Å². The number of benzene rings is 2. The molecule has 0 aliphatic carbocycles. The summed E-state index contributed by atoms with van der Waals surface area (Å²) in [6.45, 7) is 0. The standard InChI is InChI=1S/C12H8Cl2.Sn/c13-11-8-4-7-10(12(11)14)9-5-2-1-3-6-9;/h1-8H;. The first-order chi connectivity index (χ1) is 6.79. The van der Waals surface area contributed by atoms with E-state index in [0.29, 0.717) is 10.0 Å². The summed E-state index contributed by atoms with van der Waals surface area (Å²) >= 11 is 12.0. The molecule has 3 heteroatoms. The van der Waals surface area contributed by atoms with Gasteiger partial charge < -0.3 is 0 Å². The molecule has 0 heterocycles. The molecule has 0 saturated heterocycles. The van der Waals surface area contributed by atoms with Crippen molar-refractivity contribution >= 4 is 47.1 Å². The zero-order chi connectivity index (χ0) is 9.97. The van der Waals surface area contributed by atoms with Gasteiger partial charge >= 0.3 is 0 Å². The molecule has 4 radical (unpaired) electrons. The molecule has 0 fully saturated rings. The van der Waals surface area contributed by atoms with Gasteiger partial charge in [0, 0.05) is 29.5 Å². The molecule has 2 rings (SSSR count). The summed E-state index contributed by atoms with van der Waals surface area (Å²) in [7, 11) is 0. The fraction of sp³-hybridized carbons (Fsp3) is 0. The SMILES string of the molecule is Clc1cccc(-c2ccccc2)c1Cl.[Sn]. The summed E-state index contributed by atoms with van der Waals surface area (Å²) in [4.78, 5) is 0. The molecule has 0 nitrogen and oxygen atoms in total. The molecule has 0 aromatic heterocycles. The quantitative estimate of drug-likeness (QED) is 0.679. The molecule has 0 N–H and O–H groups in total. The van der Waals surface area contributed by atoms with Crippen molar-refractivity contribution < 1.29 is 0 Å². The van der Waals surface area contributed by atoms with E-state index in [4.69, 9.17) is 23.2 Å². The van der Waals surface area contributed by atoms with E-state index in [9.17, 15) is 0 Å². The molecule has 0 bridgehead atoms. The molecule has 0 atom stereocenters. The van der Waals surface area contributed by atoms with Gasteiger partial charge in [-0.25, -0.2) is 0 Å². The Morgan fingerprint density at radius 2 is 1.40 bits per heavy atom. The Balaban J connectivity index is 0.00000112. The average molecular weight is 342 g/mol. The second-order valence-corrected chi connectivity index (χ2v) is 3.75. The fourth-order valence-electron chi connectivity index (χ4n) is 1.34. The zero-order valence-electron chi connectivity index (χ0n) is 7.87. The molecule has 0 aliphatic rings. The number of hydrogen-bond donors (Lipinski definition) is 0. The van der Waals surface area contributed by atoms with Crippen LogP contribution in [0.2, 0.25) is 10.0 Å². The van der Waals surface area contributed by atoms with Gasteiger partial charge in [-0.3, -0.25) is 0 Å². The molecule has 15 heavy (non-hydrogen) atoms. The van der Waals surface area contributed by atoms with E-state index in [1.807, 2.05) is 42.5 Å². The van der Waals surface area contributed by atoms with Crippen LogP contribution in [-0.2, 0) is 0 Å².